The molecule has 1 aliphatic carbocycles. The van der Waals surface area contributed by atoms with Gasteiger partial charge in [-0.3, -0.25) is 4.90 Å². The van der Waals surface area contributed by atoms with Crippen molar-refractivity contribution < 1.29 is 18.7 Å². The molecular formula is C23H23FN6O3. The van der Waals surface area contributed by atoms with Crippen LogP contribution in [0, 0.1) is 11.7 Å². The van der Waals surface area contributed by atoms with Gasteiger partial charge >= 0.3 is 6.09 Å². The Labute approximate surface area is 189 Å². The Morgan fingerprint density at radius 3 is 2.61 bits per heavy atom. The molecule has 3 heterocycles. The predicted octanol–water partition coefficient (Wildman–Crippen LogP) is 4.20. The van der Waals surface area contributed by atoms with Crippen molar-refractivity contribution in [1.29, 1.82) is 0 Å². The van der Waals surface area contributed by atoms with Gasteiger partial charge in [-0.2, -0.15) is 5.10 Å². The number of carbonyl (C=O) groups is 1. The zero-order chi connectivity index (χ0) is 22.7. The SMILES string of the molecule is O=C1O[C@]2(CC[C@H](CNc3ccc(Oc4ccc(F)cc4)nn3)CC2)CN1c1cccnn1. The van der Waals surface area contributed by atoms with Crippen molar-refractivity contribution >= 4 is 17.7 Å². The summed E-state index contributed by atoms with van der Waals surface area (Å²) in [5.41, 5.74) is -0.454. The molecule has 2 fully saturated rings. The predicted molar refractivity (Wildman–Crippen MR) is 118 cm³/mol. The van der Waals surface area contributed by atoms with Crippen LogP contribution in [0.1, 0.15) is 25.7 Å². The van der Waals surface area contributed by atoms with Crippen LogP contribution in [0.15, 0.2) is 54.7 Å². The van der Waals surface area contributed by atoms with Gasteiger partial charge in [0.05, 0.1) is 6.54 Å². The van der Waals surface area contributed by atoms with Crippen LogP contribution in [0.4, 0.5) is 20.8 Å². The van der Waals surface area contributed by atoms with E-state index in [2.05, 4.69) is 25.7 Å². The average Bonchev–Trinajstić information content (AvgIpc) is 3.17. The highest BCUT2D eigenvalue weighted by molar-refractivity contribution is 5.89. The topological polar surface area (TPSA) is 102 Å². The van der Waals surface area contributed by atoms with Crippen LogP contribution in [0.2, 0.25) is 0 Å². The maximum Gasteiger partial charge on any atom is 0.416 e. The van der Waals surface area contributed by atoms with Crippen LogP contribution < -0.4 is 15.0 Å². The summed E-state index contributed by atoms with van der Waals surface area (Å²) < 4.78 is 24.3. The van der Waals surface area contributed by atoms with Crippen LogP contribution in [0.5, 0.6) is 11.6 Å². The van der Waals surface area contributed by atoms with Crippen molar-refractivity contribution in [1.82, 2.24) is 20.4 Å². The van der Waals surface area contributed by atoms with E-state index in [0.29, 0.717) is 35.7 Å². The number of aromatic nitrogens is 4. The lowest BCUT2D eigenvalue weighted by molar-refractivity contribution is 0.0148. The van der Waals surface area contributed by atoms with E-state index in [1.165, 1.54) is 24.3 Å². The van der Waals surface area contributed by atoms with E-state index >= 15 is 0 Å². The van der Waals surface area contributed by atoms with Crippen LogP contribution >= 0.6 is 0 Å². The van der Waals surface area contributed by atoms with Crippen LogP contribution in [0.3, 0.4) is 0 Å². The molecule has 9 nitrogen and oxygen atoms in total. The molecule has 170 valence electrons. The molecule has 33 heavy (non-hydrogen) atoms. The van der Waals surface area contributed by atoms with Gasteiger partial charge in [0.1, 0.15) is 23.0 Å². The van der Waals surface area contributed by atoms with E-state index in [-0.39, 0.29) is 11.9 Å². The van der Waals surface area contributed by atoms with E-state index in [4.69, 9.17) is 9.47 Å². The fourth-order valence-corrected chi connectivity index (χ4v) is 4.25. The van der Waals surface area contributed by atoms with Gasteiger partial charge in [0.25, 0.3) is 0 Å². The van der Waals surface area contributed by atoms with E-state index < -0.39 is 5.60 Å². The third kappa shape index (κ3) is 4.84. The maximum absolute atomic E-state index is 13.0. The lowest BCUT2D eigenvalue weighted by Gasteiger charge is -2.35. The van der Waals surface area contributed by atoms with Crippen LogP contribution in [-0.4, -0.2) is 45.2 Å². The number of amides is 1. The second kappa shape index (κ2) is 8.97. The fraction of sp³-hybridized carbons (Fsp3) is 0.348. The number of hydrogen-bond donors (Lipinski definition) is 1. The minimum absolute atomic E-state index is 0.324. The number of benzene rings is 1. The highest BCUT2D eigenvalue weighted by Crippen LogP contribution is 2.40. The van der Waals surface area contributed by atoms with E-state index in [1.54, 1.807) is 35.4 Å². The lowest BCUT2D eigenvalue weighted by Crippen LogP contribution is -2.39. The maximum atomic E-state index is 13.0. The molecule has 10 heteroatoms. The molecule has 2 aliphatic rings. The Morgan fingerprint density at radius 2 is 1.91 bits per heavy atom. The van der Waals surface area contributed by atoms with Gasteiger partial charge in [-0.15, -0.1) is 15.3 Å². The number of anilines is 2. The minimum atomic E-state index is -0.454. The molecule has 5 rings (SSSR count). The van der Waals surface area contributed by atoms with Crippen molar-refractivity contribution in [3.63, 3.8) is 0 Å². The van der Waals surface area contributed by atoms with E-state index in [0.717, 1.165) is 32.2 Å². The average molecular weight is 450 g/mol. The number of halogens is 1. The molecule has 1 N–H and O–H groups in total. The highest BCUT2D eigenvalue weighted by atomic mass is 19.1. The third-order valence-corrected chi connectivity index (χ3v) is 6.07. The van der Waals surface area contributed by atoms with Crippen molar-refractivity contribution in [2.24, 2.45) is 5.92 Å². The number of hydrogen-bond acceptors (Lipinski definition) is 8. The summed E-state index contributed by atoms with van der Waals surface area (Å²) in [4.78, 5) is 13.9. The Balaban J connectivity index is 1.10. The fourth-order valence-electron chi connectivity index (χ4n) is 4.25. The molecule has 1 aromatic carbocycles. The van der Waals surface area contributed by atoms with E-state index in [1.807, 2.05) is 0 Å². The number of rotatable bonds is 6. The summed E-state index contributed by atoms with van der Waals surface area (Å²) in [7, 11) is 0. The van der Waals surface area contributed by atoms with Gasteiger partial charge in [-0.05, 0) is 74.1 Å². The highest BCUT2D eigenvalue weighted by Gasteiger charge is 2.48. The molecule has 0 atom stereocenters. The molecular weight excluding hydrogens is 427 g/mol. The molecule has 3 aromatic rings. The van der Waals surface area contributed by atoms with Gasteiger partial charge in [-0.25, -0.2) is 9.18 Å². The van der Waals surface area contributed by atoms with Crippen LogP contribution in [0.25, 0.3) is 0 Å². The number of ether oxygens (including phenoxy) is 2. The summed E-state index contributed by atoms with van der Waals surface area (Å²) in [5, 5.41) is 19.4. The summed E-state index contributed by atoms with van der Waals surface area (Å²) >= 11 is 0. The molecule has 1 aliphatic heterocycles. The molecule has 1 amide bonds. The summed E-state index contributed by atoms with van der Waals surface area (Å²) in [5.74, 6) is 2.12. The number of nitrogens with one attached hydrogen (secondary N) is 1. The first kappa shape index (κ1) is 21.0. The Hall–Kier alpha value is -3.82. The zero-order valence-electron chi connectivity index (χ0n) is 17.9. The first-order chi connectivity index (χ1) is 16.1. The molecule has 1 spiro atoms. The quantitative estimate of drug-likeness (QED) is 0.596. The zero-order valence-corrected chi connectivity index (χ0v) is 17.9. The summed E-state index contributed by atoms with van der Waals surface area (Å²) in [6.07, 6.45) is 4.71. The normalized spacial score (nSPS) is 22.3. The second-order valence-electron chi connectivity index (χ2n) is 8.36. The smallest absolute Gasteiger partial charge is 0.416 e. The van der Waals surface area contributed by atoms with Crippen LogP contribution in [-0.2, 0) is 4.74 Å². The second-order valence-corrected chi connectivity index (χ2v) is 8.36. The van der Waals surface area contributed by atoms with Crippen molar-refractivity contribution in [3.05, 3.63) is 60.5 Å². The molecule has 0 bridgehead atoms. The van der Waals surface area contributed by atoms with Gasteiger partial charge in [0, 0.05) is 18.8 Å². The lowest BCUT2D eigenvalue weighted by atomic mass is 9.78. The van der Waals surface area contributed by atoms with Gasteiger partial charge in [0.2, 0.25) is 5.88 Å². The monoisotopic (exact) mass is 450 g/mol. The third-order valence-electron chi connectivity index (χ3n) is 6.07. The number of nitrogens with zero attached hydrogens (tertiary/aromatic N) is 5. The largest absolute Gasteiger partial charge is 0.441 e. The van der Waals surface area contributed by atoms with Gasteiger partial charge in [0.15, 0.2) is 5.82 Å². The molecule has 1 saturated heterocycles. The first-order valence-corrected chi connectivity index (χ1v) is 10.9. The Bertz CT molecular complexity index is 1090. The summed E-state index contributed by atoms with van der Waals surface area (Å²) in [6, 6.07) is 12.8. The number of carbonyl (C=O) groups excluding carboxylic acids is 1. The van der Waals surface area contributed by atoms with Crippen molar-refractivity contribution in [3.8, 4) is 11.6 Å². The van der Waals surface area contributed by atoms with Gasteiger partial charge in [-0.1, -0.05) is 0 Å². The Morgan fingerprint density at radius 1 is 1.09 bits per heavy atom. The summed E-state index contributed by atoms with van der Waals surface area (Å²) in [6.45, 7) is 1.26. The molecule has 1 saturated carbocycles. The van der Waals surface area contributed by atoms with Crippen molar-refractivity contribution in [2.45, 2.75) is 31.3 Å². The van der Waals surface area contributed by atoms with E-state index in [9.17, 15) is 9.18 Å². The first-order valence-electron chi connectivity index (χ1n) is 10.9. The molecule has 2 aromatic heterocycles. The molecule has 0 unspecified atom stereocenters. The van der Waals surface area contributed by atoms with Crippen molar-refractivity contribution in [2.75, 3.05) is 23.3 Å². The Kier molecular flexibility index (Phi) is 5.72. The minimum Gasteiger partial charge on any atom is -0.441 e. The molecule has 0 radical (unpaired) electrons. The van der Waals surface area contributed by atoms with Gasteiger partial charge < -0.3 is 14.8 Å². The standard InChI is InChI=1S/C23H23FN6O3/c24-17-3-5-18(6-4-17)32-21-8-7-19(27-29-21)25-14-16-9-11-23(12-10-16)15-30(22(31)33-23)20-2-1-13-26-28-20/h1-8,13,16H,9-12,14-15H2,(H,25,27)/t16-,23-.